The molecule has 0 atom stereocenters. The Morgan fingerprint density at radius 1 is 1.33 bits per heavy atom. The lowest BCUT2D eigenvalue weighted by molar-refractivity contribution is -0.114. The Kier molecular flexibility index (Phi) is 5.44. The van der Waals surface area contributed by atoms with Gasteiger partial charge in [-0.05, 0) is 45.9 Å². The molecule has 0 aliphatic rings. The molecule has 1 aromatic carbocycles. The molecule has 0 spiro atoms. The Morgan fingerprint density at radius 2 is 1.90 bits per heavy atom. The molecule has 1 rings (SSSR count). The summed E-state index contributed by atoms with van der Waals surface area (Å²) in [5.41, 5.74) is -1.44. The summed E-state index contributed by atoms with van der Waals surface area (Å²) in [5, 5.41) is 23.4. The summed E-state index contributed by atoms with van der Waals surface area (Å²) in [6, 6.07) is 4.70. The molecule has 0 saturated carbocycles. The van der Waals surface area contributed by atoms with Crippen LogP contribution in [0.25, 0.3) is 0 Å². The number of carbonyl (C=O) groups excluding carboxylic acids is 1. The maximum absolute atomic E-state index is 11.2. The van der Waals surface area contributed by atoms with Gasteiger partial charge in [-0.25, -0.2) is 0 Å². The number of hydrogen-bond donors (Lipinski definition) is 3. The van der Waals surface area contributed by atoms with Crippen molar-refractivity contribution in [2.75, 3.05) is 5.32 Å². The Balaban J connectivity index is 3.09. The average Bonchev–Trinajstić information content (AvgIpc) is 2.28. The zero-order valence-corrected chi connectivity index (χ0v) is 13.7. The van der Waals surface area contributed by atoms with E-state index in [1.807, 2.05) is 0 Å². The molecule has 1 amide bonds. The van der Waals surface area contributed by atoms with Gasteiger partial charge in [0.25, 0.3) is 0 Å². The van der Waals surface area contributed by atoms with Gasteiger partial charge in [-0.15, -0.1) is 0 Å². The molecule has 1 aromatic rings. The van der Waals surface area contributed by atoms with Crippen LogP contribution in [0.4, 0.5) is 5.69 Å². The monoisotopic (exact) mass is 313 g/mol. The van der Waals surface area contributed by atoms with Gasteiger partial charge < -0.3 is 20.1 Å². The summed E-state index contributed by atoms with van der Waals surface area (Å²) in [5.74, 6) is -0.271. The van der Waals surface area contributed by atoms with E-state index in [1.54, 1.807) is 39.8 Å². The molecule has 0 bridgehead atoms. The average molecular weight is 314 g/mol. The van der Waals surface area contributed by atoms with E-state index < -0.39 is 18.3 Å². The summed E-state index contributed by atoms with van der Waals surface area (Å²) in [6.45, 7) is 7.88. The molecule has 0 fully saturated rings. The van der Waals surface area contributed by atoms with Crippen LogP contribution in [0.1, 0.15) is 34.6 Å². The molecule has 116 valence electrons. The number of carbonyl (C=O) groups is 1. The minimum absolute atomic E-state index is 0.271. The van der Waals surface area contributed by atoms with Crippen LogP contribution in [-0.4, -0.2) is 34.4 Å². The van der Waals surface area contributed by atoms with Gasteiger partial charge in [-0.3, -0.25) is 4.79 Å². The molecule has 5 nitrogen and oxygen atoms in total. The highest BCUT2D eigenvalue weighted by Crippen LogP contribution is 2.26. The zero-order chi connectivity index (χ0) is 16.4. The maximum Gasteiger partial charge on any atom is 0.493 e. The molecule has 0 aromatic heterocycles. The fourth-order valence-corrected chi connectivity index (χ4v) is 1.71. The van der Waals surface area contributed by atoms with Crippen molar-refractivity contribution in [3.05, 3.63) is 23.2 Å². The van der Waals surface area contributed by atoms with Crippen molar-refractivity contribution in [2.45, 2.75) is 45.8 Å². The SMILES string of the molecule is CC(=O)Nc1ccc(Cl)cc1B(O)OC(C)(C)C(C)(C)O. The highest BCUT2D eigenvalue weighted by molar-refractivity contribution is 6.62. The third-order valence-corrected chi connectivity index (χ3v) is 3.71. The number of hydrogen-bond acceptors (Lipinski definition) is 4. The number of benzene rings is 1. The third-order valence-electron chi connectivity index (χ3n) is 3.47. The molecule has 0 saturated heterocycles. The van der Waals surface area contributed by atoms with Crippen molar-refractivity contribution in [3.8, 4) is 0 Å². The van der Waals surface area contributed by atoms with Crippen molar-refractivity contribution in [1.82, 2.24) is 0 Å². The number of rotatable bonds is 5. The molecule has 0 heterocycles. The molecule has 0 aliphatic carbocycles. The van der Waals surface area contributed by atoms with Crippen LogP contribution in [0, 0.1) is 0 Å². The van der Waals surface area contributed by atoms with Crippen molar-refractivity contribution >= 4 is 35.8 Å². The lowest BCUT2D eigenvalue weighted by Gasteiger charge is -2.38. The number of halogens is 1. The second kappa shape index (κ2) is 6.36. The van der Waals surface area contributed by atoms with Gasteiger partial charge in [-0.1, -0.05) is 11.6 Å². The molecule has 3 N–H and O–H groups in total. The largest absolute Gasteiger partial charge is 0.493 e. The van der Waals surface area contributed by atoms with Gasteiger partial charge >= 0.3 is 7.12 Å². The highest BCUT2D eigenvalue weighted by atomic mass is 35.5. The normalized spacial score (nSPS) is 12.2. The third kappa shape index (κ3) is 4.71. The van der Waals surface area contributed by atoms with Crippen molar-refractivity contribution in [1.29, 1.82) is 0 Å². The Bertz CT molecular complexity index is 528. The van der Waals surface area contributed by atoms with Crippen LogP contribution in [0.3, 0.4) is 0 Å². The first kappa shape index (κ1) is 18.0. The molecule has 21 heavy (non-hydrogen) atoms. The van der Waals surface area contributed by atoms with Gasteiger partial charge in [0.05, 0.1) is 11.2 Å². The van der Waals surface area contributed by atoms with E-state index in [1.165, 1.54) is 13.0 Å². The molecule has 7 heteroatoms. The maximum atomic E-state index is 11.2. The Labute approximate surface area is 130 Å². The lowest BCUT2D eigenvalue weighted by atomic mass is 9.75. The van der Waals surface area contributed by atoms with E-state index in [2.05, 4.69) is 5.32 Å². The quantitative estimate of drug-likeness (QED) is 0.721. The van der Waals surface area contributed by atoms with E-state index in [4.69, 9.17) is 16.3 Å². The van der Waals surface area contributed by atoms with E-state index in [9.17, 15) is 14.9 Å². The summed E-state index contributed by atoms with van der Waals surface area (Å²) in [4.78, 5) is 11.2. The predicted molar refractivity (Wildman–Crippen MR) is 84.8 cm³/mol. The molecule has 0 radical (unpaired) electrons. The van der Waals surface area contributed by atoms with E-state index in [0.717, 1.165) is 0 Å². The van der Waals surface area contributed by atoms with Gasteiger partial charge in [0.2, 0.25) is 5.91 Å². The van der Waals surface area contributed by atoms with Crippen LogP contribution in [0.5, 0.6) is 0 Å². The second-order valence-corrected chi connectivity index (χ2v) is 6.39. The van der Waals surface area contributed by atoms with Crippen molar-refractivity contribution < 1.29 is 19.6 Å². The number of aliphatic hydroxyl groups is 1. The summed E-state index contributed by atoms with van der Waals surface area (Å²) in [7, 11) is -1.34. The standard InChI is InChI=1S/C14H21BClNO4/c1-9(18)17-12-7-6-10(16)8-11(12)15(20)21-14(4,5)13(2,3)19/h6-8,19-20H,1-5H3,(H,17,18). The molecular formula is C14H21BClNO4. The first-order chi connectivity index (χ1) is 9.44. The predicted octanol–water partition coefficient (Wildman–Crippen LogP) is 1.55. The fourth-order valence-electron chi connectivity index (χ4n) is 1.53. The van der Waals surface area contributed by atoms with Crippen molar-refractivity contribution in [3.63, 3.8) is 0 Å². The zero-order valence-electron chi connectivity index (χ0n) is 12.9. The summed E-state index contributed by atoms with van der Waals surface area (Å²) < 4.78 is 5.56. The van der Waals surface area contributed by atoms with Crippen molar-refractivity contribution in [2.24, 2.45) is 0 Å². The van der Waals surface area contributed by atoms with E-state index in [-0.39, 0.29) is 5.91 Å². The Morgan fingerprint density at radius 3 is 2.38 bits per heavy atom. The smallest absolute Gasteiger partial charge is 0.423 e. The number of anilines is 1. The van der Waals surface area contributed by atoms with E-state index in [0.29, 0.717) is 16.2 Å². The topological polar surface area (TPSA) is 78.8 Å². The fraction of sp³-hybridized carbons (Fsp3) is 0.500. The van der Waals surface area contributed by atoms with Crippen LogP contribution in [-0.2, 0) is 9.45 Å². The van der Waals surface area contributed by atoms with Gasteiger partial charge in [0.1, 0.15) is 0 Å². The van der Waals surface area contributed by atoms with Crippen LogP contribution < -0.4 is 10.8 Å². The minimum atomic E-state index is -1.34. The van der Waals surface area contributed by atoms with Crippen LogP contribution in [0.2, 0.25) is 5.02 Å². The molecule has 0 aliphatic heterocycles. The Hall–Kier alpha value is -1.08. The summed E-state index contributed by atoms with van der Waals surface area (Å²) >= 11 is 5.93. The first-order valence-corrected chi connectivity index (χ1v) is 6.97. The van der Waals surface area contributed by atoms with E-state index >= 15 is 0 Å². The minimum Gasteiger partial charge on any atom is -0.423 e. The van der Waals surface area contributed by atoms with Gasteiger partial charge in [0, 0.05) is 23.1 Å². The lowest BCUT2D eigenvalue weighted by Crippen LogP contribution is -2.53. The van der Waals surface area contributed by atoms with Gasteiger partial charge in [0.15, 0.2) is 0 Å². The summed E-state index contributed by atoms with van der Waals surface area (Å²) in [6.07, 6.45) is 0. The molecule has 0 unspecified atom stereocenters. The van der Waals surface area contributed by atoms with Crippen LogP contribution in [0.15, 0.2) is 18.2 Å². The van der Waals surface area contributed by atoms with Crippen LogP contribution >= 0.6 is 11.6 Å². The first-order valence-electron chi connectivity index (χ1n) is 6.59. The number of amides is 1. The molecular weight excluding hydrogens is 292 g/mol. The van der Waals surface area contributed by atoms with Gasteiger partial charge in [-0.2, -0.15) is 0 Å². The highest BCUT2D eigenvalue weighted by Gasteiger charge is 2.40. The second-order valence-electron chi connectivity index (χ2n) is 5.95. The number of nitrogens with one attached hydrogen (secondary N) is 1.